The predicted molar refractivity (Wildman–Crippen MR) is 77.9 cm³/mol. The van der Waals surface area contributed by atoms with Crippen LogP contribution in [0.5, 0.6) is 0 Å². The molecular weight excluding hydrogens is 300 g/mol. The van der Waals surface area contributed by atoms with E-state index in [4.69, 9.17) is 23.2 Å². The van der Waals surface area contributed by atoms with Gasteiger partial charge in [-0.25, -0.2) is 4.39 Å². The number of benzene rings is 2. The fraction of sp³-hybridized carbons (Fsp3) is 0.133. The van der Waals surface area contributed by atoms with Gasteiger partial charge in [-0.1, -0.05) is 35.9 Å². The number of rotatable bonds is 2. The number of halogens is 3. The molecule has 1 atom stereocenters. The number of alkyl halides is 1. The molecule has 0 aromatic heterocycles. The number of anilines is 1. The molecule has 102 valence electrons. The maximum Gasteiger partial charge on any atom is 0.228 e. The molecule has 1 amide bonds. The third kappa shape index (κ3) is 2.28. The zero-order valence-corrected chi connectivity index (χ0v) is 11.8. The van der Waals surface area contributed by atoms with Gasteiger partial charge in [-0.2, -0.15) is 0 Å². The van der Waals surface area contributed by atoms with Crippen LogP contribution in [-0.4, -0.2) is 5.91 Å². The Hall–Kier alpha value is -1.58. The summed E-state index contributed by atoms with van der Waals surface area (Å²) in [6.07, 6.45) is 0.324. The fourth-order valence-electron chi connectivity index (χ4n) is 2.30. The van der Waals surface area contributed by atoms with Crippen molar-refractivity contribution in [3.63, 3.8) is 0 Å². The SMILES string of the molecule is O=C1Cc2cc(C(Cl)c3cccc(Cl)c3F)ccc2N1. The van der Waals surface area contributed by atoms with Crippen molar-refractivity contribution in [2.45, 2.75) is 11.8 Å². The molecule has 0 bridgehead atoms. The first-order valence-electron chi connectivity index (χ1n) is 6.07. The van der Waals surface area contributed by atoms with Crippen molar-refractivity contribution in [1.82, 2.24) is 0 Å². The molecule has 1 N–H and O–H groups in total. The van der Waals surface area contributed by atoms with Gasteiger partial charge in [0.1, 0.15) is 5.82 Å². The van der Waals surface area contributed by atoms with Crippen LogP contribution in [0.15, 0.2) is 36.4 Å². The van der Waals surface area contributed by atoms with E-state index < -0.39 is 11.2 Å². The van der Waals surface area contributed by atoms with Crippen LogP contribution in [0, 0.1) is 5.82 Å². The first-order valence-corrected chi connectivity index (χ1v) is 6.88. The van der Waals surface area contributed by atoms with Gasteiger partial charge >= 0.3 is 0 Å². The van der Waals surface area contributed by atoms with Crippen LogP contribution in [0.1, 0.15) is 22.1 Å². The highest BCUT2D eigenvalue weighted by molar-refractivity contribution is 6.31. The lowest BCUT2D eigenvalue weighted by atomic mass is 10.0. The maximum absolute atomic E-state index is 14.0. The minimum absolute atomic E-state index is 0.0443. The zero-order chi connectivity index (χ0) is 14.3. The number of hydrogen-bond acceptors (Lipinski definition) is 1. The second-order valence-electron chi connectivity index (χ2n) is 4.65. The average molecular weight is 310 g/mol. The highest BCUT2D eigenvalue weighted by Gasteiger charge is 2.22. The molecule has 2 nitrogen and oxygen atoms in total. The molecule has 0 saturated heterocycles. The summed E-state index contributed by atoms with van der Waals surface area (Å²) < 4.78 is 14.0. The highest BCUT2D eigenvalue weighted by atomic mass is 35.5. The quantitative estimate of drug-likeness (QED) is 0.823. The van der Waals surface area contributed by atoms with Crippen molar-refractivity contribution < 1.29 is 9.18 Å². The van der Waals surface area contributed by atoms with E-state index in [2.05, 4.69) is 5.32 Å². The van der Waals surface area contributed by atoms with E-state index in [1.807, 2.05) is 6.07 Å². The fourth-order valence-corrected chi connectivity index (χ4v) is 2.79. The van der Waals surface area contributed by atoms with Gasteiger partial charge in [-0.15, -0.1) is 11.6 Å². The monoisotopic (exact) mass is 309 g/mol. The summed E-state index contributed by atoms with van der Waals surface area (Å²) in [5.41, 5.74) is 2.73. The molecule has 2 aromatic carbocycles. The molecule has 3 rings (SSSR count). The molecule has 1 heterocycles. The van der Waals surface area contributed by atoms with Gasteiger partial charge in [-0.3, -0.25) is 4.79 Å². The van der Waals surface area contributed by atoms with Crippen molar-refractivity contribution in [2.24, 2.45) is 0 Å². The van der Waals surface area contributed by atoms with E-state index in [9.17, 15) is 9.18 Å². The molecule has 1 unspecified atom stereocenters. The normalized spacial score (nSPS) is 14.8. The zero-order valence-electron chi connectivity index (χ0n) is 10.3. The molecule has 0 aliphatic carbocycles. The van der Waals surface area contributed by atoms with Crippen LogP contribution in [0.4, 0.5) is 10.1 Å². The average Bonchev–Trinajstić information content (AvgIpc) is 2.80. The van der Waals surface area contributed by atoms with E-state index in [0.717, 1.165) is 16.8 Å². The molecule has 1 aliphatic heterocycles. The number of nitrogens with one attached hydrogen (secondary N) is 1. The first kappa shape index (κ1) is 13.4. The van der Waals surface area contributed by atoms with Crippen molar-refractivity contribution in [2.75, 3.05) is 5.32 Å². The third-order valence-electron chi connectivity index (χ3n) is 3.30. The Morgan fingerprint density at radius 2 is 2.05 bits per heavy atom. The smallest absolute Gasteiger partial charge is 0.228 e. The van der Waals surface area contributed by atoms with Crippen molar-refractivity contribution in [1.29, 1.82) is 0 Å². The standard InChI is InChI=1S/C15H10Cl2FNO/c16-11-3-1-2-10(15(11)18)14(17)8-4-5-12-9(6-8)7-13(20)19-12/h1-6,14H,7H2,(H,19,20). The summed E-state index contributed by atoms with van der Waals surface area (Å²) in [5.74, 6) is -0.555. The summed E-state index contributed by atoms with van der Waals surface area (Å²) in [6, 6.07) is 10.1. The van der Waals surface area contributed by atoms with Crippen LogP contribution in [0.3, 0.4) is 0 Å². The minimum Gasteiger partial charge on any atom is -0.326 e. The van der Waals surface area contributed by atoms with Gasteiger partial charge in [0.2, 0.25) is 5.91 Å². The molecule has 0 spiro atoms. The van der Waals surface area contributed by atoms with Crippen LogP contribution in [-0.2, 0) is 11.2 Å². The summed E-state index contributed by atoms with van der Waals surface area (Å²) in [5, 5.41) is 2.15. The Labute approximate surface area is 125 Å². The Morgan fingerprint density at radius 3 is 2.85 bits per heavy atom. The number of amides is 1. The van der Waals surface area contributed by atoms with Crippen LogP contribution in [0.25, 0.3) is 0 Å². The van der Waals surface area contributed by atoms with E-state index >= 15 is 0 Å². The van der Waals surface area contributed by atoms with E-state index in [1.54, 1.807) is 24.3 Å². The van der Waals surface area contributed by atoms with Crippen LogP contribution in [0.2, 0.25) is 5.02 Å². The molecular formula is C15H10Cl2FNO. The van der Waals surface area contributed by atoms with Crippen molar-refractivity contribution >= 4 is 34.8 Å². The summed E-state index contributed by atoms with van der Waals surface area (Å²) >= 11 is 12.1. The molecule has 20 heavy (non-hydrogen) atoms. The Kier molecular flexibility index (Phi) is 3.40. The van der Waals surface area contributed by atoms with E-state index in [-0.39, 0.29) is 10.9 Å². The molecule has 5 heteroatoms. The van der Waals surface area contributed by atoms with E-state index in [1.165, 1.54) is 6.07 Å². The topological polar surface area (TPSA) is 29.1 Å². The van der Waals surface area contributed by atoms with Gasteiger partial charge in [0.25, 0.3) is 0 Å². The van der Waals surface area contributed by atoms with Gasteiger partial charge in [-0.05, 0) is 23.3 Å². The predicted octanol–water partition coefficient (Wildman–Crippen LogP) is 4.30. The molecule has 0 fully saturated rings. The van der Waals surface area contributed by atoms with Crippen LogP contribution >= 0.6 is 23.2 Å². The van der Waals surface area contributed by atoms with Gasteiger partial charge in [0.15, 0.2) is 0 Å². The maximum atomic E-state index is 14.0. The number of fused-ring (bicyclic) bond motifs is 1. The second-order valence-corrected chi connectivity index (χ2v) is 5.49. The Balaban J connectivity index is 1.99. The van der Waals surface area contributed by atoms with E-state index in [0.29, 0.717) is 12.0 Å². The summed E-state index contributed by atoms with van der Waals surface area (Å²) in [7, 11) is 0. The lowest BCUT2D eigenvalue weighted by Crippen LogP contribution is -2.03. The molecule has 1 aliphatic rings. The van der Waals surface area contributed by atoms with Crippen molar-refractivity contribution in [3.8, 4) is 0 Å². The lowest BCUT2D eigenvalue weighted by molar-refractivity contribution is -0.115. The van der Waals surface area contributed by atoms with Gasteiger partial charge in [0, 0.05) is 11.3 Å². The van der Waals surface area contributed by atoms with Gasteiger partial charge in [0.05, 0.1) is 16.8 Å². The number of hydrogen-bond donors (Lipinski definition) is 1. The highest BCUT2D eigenvalue weighted by Crippen LogP contribution is 2.35. The van der Waals surface area contributed by atoms with Crippen LogP contribution < -0.4 is 5.32 Å². The summed E-state index contributed by atoms with van der Waals surface area (Å²) in [6.45, 7) is 0. The Morgan fingerprint density at radius 1 is 1.25 bits per heavy atom. The first-order chi connectivity index (χ1) is 9.56. The summed E-state index contributed by atoms with van der Waals surface area (Å²) in [4.78, 5) is 11.3. The number of carbonyl (C=O) groups is 1. The van der Waals surface area contributed by atoms with Gasteiger partial charge < -0.3 is 5.32 Å². The largest absolute Gasteiger partial charge is 0.326 e. The number of carbonyl (C=O) groups excluding carboxylic acids is 1. The second kappa shape index (κ2) is 5.08. The minimum atomic E-state index is -0.644. The molecule has 0 radical (unpaired) electrons. The van der Waals surface area contributed by atoms with Crippen molar-refractivity contribution in [3.05, 3.63) is 63.9 Å². The third-order valence-corrected chi connectivity index (χ3v) is 4.08. The lowest BCUT2D eigenvalue weighted by Gasteiger charge is -2.13. The molecule has 0 saturated carbocycles. The Bertz CT molecular complexity index is 702. The molecule has 2 aromatic rings.